The number of rotatable bonds is 3. The smallest absolute Gasteiger partial charge is 0.335 e. The third-order valence-electron chi connectivity index (χ3n) is 4.57. The number of hydrogen-bond acceptors (Lipinski definition) is 3. The molecular weight excluding hydrogens is 312 g/mol. The molecule has 2 aromatic rings. The Morgan fingerprint density at radius 2 is 1.96 bits per heavy atom. The number of carboxylic acids is 1. The van der Waals surface area contributed by atoms with Crippen LogP contribution in [-0.2, 0) is 0 Å². The molecule has 0 radical (unpaired) electrons. The van der Waals surface area contributed by atoms with Crippen LogP contribution in [0.5, 0.6) is 0 Å². The van der Waals surface area contributed by atoms with Crippen LogP contribution in [0.1, 0.15) is 39.0 Å². The predicted molar refractivity (Wildman–Crippen MR) is 91.1 cm³/mol. The van der Waals surface area contributed by atoms with Gasteiger partial charge in [-0.05, 0) is 48.0 Å². The fourth-order valence-corrected chi connectivity index (χ4v) is 3.53. The average Bonchev–Trinajstić information content (AvgIpc) is 2.54. The summed E-state index contributed by atoms with van der Waals surface area (Å²) in [6.45, 7) is 1.37. The monoisotopic (exact) mass is 330 g/mol. The number of nitrogens with two attached hydrogens (primary N) is 1. The molecule has 23 heavy (non-hydrogen) atoms. The van der Waals surface area contributed by atoms with Gasteiger partial charge < -0.3 is 10.8 Å². The molecule has 4 nitrogen and oxygen atoms in total. The van der Waals surface area contributed by atoms with Crippen LogP contribution in [-0.4, -0.2) is 36.1 Å². The summed E-state index contributed by atoms with van der Waals surface area (Å²) >= 11 is 6.17. The Kier molecular flexibility index (Phi) is 4.39. The van der Waals surface area contributed by atoms with Gasteiger partial charge >= 0.3 is 5.97 Å². The van der Waals surface area contributed by atoms with E-state index in [1.807, 2.05) is 24.3 Å². The van der Waals surface area contributed by atoms with E-state index in [1.54, 1.807) is 12.1 Å². The number of hydrogen-bond donors (Lipinski definition) is 2. The number of halogens is 1. The molecule has 0 aromatic heterocycles. The van der Waals surface area contributed by atoms with Crippen LogP contribution in [0.3, 0.4) is 0 Å². The standard InChI is InChI=1S/C18H19ClN2O2/c1-21-10-16(11-2-4-12(5-3-11)18(22)23)14-7-6-13(19)8-15(14)17(21)9-20/h2-8,16-17H,9-10,20H2,1H3,(H,22,23). The van der Waals surface area contributed by atoms with Crippen molar-refractivity contribution >= 4 is 17.6 Å². The highest BCUT2D eigenvalue weighted by atomic mass is 35.5. The maximum atomic E-state index is 11.0. The van der Waals surface area contributed by atoms with Crippen molar-refractivity contribution in [1.29, 1.82) is 0 Å². The van der Waals surface area contributed by atoms with E-state index in [0.717, 1.165) is 17.7 Å². The highest BCUT2D eigenvalue weighted by molar-refractivity contribution is 6.30. The zero-order valence-corrected chi connectivity index (χ0v) is 13.6. The van der Waals surface area contributed by atoms with Crippen LogP contribution in [0, 0.1) is 0 Å². The van der Waals surface area contributed by atoms with Crippen LogP contribution < -0.4 is 5.73 Å². The third kappa shape index (κ3) is 2.98. The van der Waals surface area contributed by atoms with E-state index < -0.39 is 5.97 Å². The normalized spacial score (nSPS) is 21.0. The maximum Gasteiger partial charge on any atom is 0.335 e. The molecule has 0 bridgehead atoms. The van der Waals surface area contributed by atoms with Crippen molar-refractivity contribution < 1.29 is 9.90 Å². The van der Waals surface area contributed by atoms with Crippen LogP contribution in [0.25, 0.3) is 0 Å². The van der Waals surface area contributed by atoms with E-state index in [-0.39, 0.29) is 12.0 Å². The second-order valence-corrected chi connectivity index (χ2v) is 6.38. The van der Waals surface area contributed by atoms with Gasteiger partial charge in [-0.25, -0.2) is 4.79 Å². The number of fused-ring (bicyclic) bond motifs is 1. The molecule has 3 N–H and O–H groups in total. The van der Waals surface area contributed by atoms with E-state index in [0.29, 0.717) is 17.1 Å². The van der Waals surface area contributed by atoms with E-state index >= 15 is 0 Å². The van der Waals surface area contributed by atoms with Crippen molar-refractivity contribution in [3.63, 3.8) is 0 Å². The van der Waals surface area contributed by atoms with Crippen LogP contribution in [0.15, 0.2) is 42.5 Å². The van der Waals surface area contributed by atoms with Gasteiger partial charge in [0.1, 0.15) is 0 Å². The highest BCUT2D eigenvalue weighted by Crippen LogP contribution is 2.39. The Morgan fingerprint density at radius 1 is 1.26 bits per heavy atom. The van der Waals surface area contributed by atoms with Gasteiger partial charge in [0.25, 0.3) is 0 Å². The molecule has 2 aromatic carbocycles. The molecule has 1 aliphatic heterocycles. The number of likely N-dealkylation sites (N-methyl/N-ethyl adjacent to an activating group) is 1. The fraction of sp³-hybridized carbons (Fsp3) is 0.278. The van der Waals surface area contributed by atoms with E-state index in [1.165, 1.54) is 5.56 Å². The fourth-order valence-electron chi connectivity index (χ4n) is 3.35. The first kappa shape index (κ1) is 16.0. The van der Waals surface area contributed by atoms with Crippen LogP contribution in [0.4, 0.5) is 0 Å². The van der Waals surface area contributed by atoms with Gasteiger partial charge in [0, 0.05) is 30.1 Å². The summed E-state index contributed by atoms with van der Waals surface area (Å²) in [5, 5.41) is 9.75. The molecule has 0 saturated carbocycles. The Bertz CT molecular complexity index is 730. The molecule has 0 spiro atoms. The van der Waals surface area contributed by atoms with Crippen LogP contribution >= 0.6 is 11.6 Å². The Morgan fingerprint density at radius 3 is 2.57 bits per heavy atom. The minimum atomic E-state index is -0.910. The zero-order chi connectivity index (χ0) is 16.6. The van der Waals surface area contributed by atoms with Gasteiger partial charge in [0.15, 0.2) is 0 Å². The lowest BCUT2D eigenvalue weighted by molar-refractivity contribution is 0.0697. The molecule has 120 valence electrons. The van der Waals surface area contributed by atoms with E-state index in [9.17, 15) is 4.79 Å². The Labute approximate surface area is 140 Å². The zero-order valence-electron chi connectivity index (χ0n) is 12.9. The lowest BCUT2D eigenvalue weighted by Crippen LogP contribution is -2.39. The number of carboxylic acid groups (broad SMARTS) is 1. The van der Waals surface area contributed by atoms with Crippen molar-refractivity contribution in [3.05, 3.63) is 69.7 Å². The first-order chi connectivity index (χ1) is 11.0. The Balaban J connectivity index is 2.05. The minimum Gasteiger partial charge on any atom is -0.478 e. The molecule has 0 fully saturated rings. The summed E-state index contributed by atoms with van der Waals surface area (Å²) in [4.78, 5) is 13.3. The molecule has 1 heterocycles. The summed E-state index contributed by atoms with van der Waals surface area (Å²) in [5.41, 5.74) is 9.71. The van der Waals surface area contributed by atoms with Crippen molar-refractivity contribution in [2.75, 3.05) is 20.1 Å². The van der Waals surface area contributed by atoms with Crippen molar-refractivity contribution in [3.8, 4) is 0 Å². The molecule has 1 aliphatic rings. The quantitative estimate of drug-likeness (QED) is 0.907. The number of aromatic carboxylic acids is 1. The second kappa shape index (κ2) is 6.32. The van der Waals surface area contributed by atoms with Gasteiger partial charge in [-0.2, -0.15) is 0 Å². The summed E-state index contributed by atoms with van der Waals surface area (Å²) in [7, 11) is 2.06. The van der Waals surface area contributed by atoms with Crippen molar-refractivity contribution in [2.24, 2.45) is 5.73 Å². The van der Waals surface area contributed by atoms with Gasteiger partial charge in [-0.1, -0.05) is 29.8 Å². The van der Waals surface area contributed by atoms with Gasteiger partial charge in [-0.15, -0.1) is 0 Å². The van der Waals surface area contributed by atoms with E-state index in [4.69, 9.17) is 22.4 Å². The molecule has 0 aliphatic carbocycles. The first-order valence-electron chi connectivity index (χ1n) is 7.54. The topological polar surface area (TPSA) is 66.6 Å². The maximum absolute atomic E-state index is 11.0. The largest absolute Gasteiger partial charge is 0.478 e. The molecule has 0 amide bonds. The minimum absolute atomic E-state index is 0.151. The lowest BCUT2D eigenvalue weighted by atomic mass is 9.81. The lowest BCUT2D eigenvalue weighted by Gasteiger charge is -2.39. The van der Waals surface area contributed by atoms with Crippen molar-refractivity contribution in [2.45, 2.75) is 12.0 Å². The molecule has 0 saturated heterocycles. The Hall–Kier alpha value is -1.88. The number of nitrogens with zero attached hydrogens (tertiary/aromatic N) is 1. The molecule has 3 rings (SSSR count). The summed E-state index contributed by atoms with van der Waals surface area (Å²) in [6, 6.07) is 13.2. The molecular formula is C18H19ClN2O2. The summed E-state index contributed by atoms with van der Waals surface area (Å²) in [6.07, 6.45) is 0. The first-order valence-corrected chi connectivity index (χ1v) is 7.92. The van der Waals surface area contributed by atoms with Gasteiger partial charge in [-0.3, -0.25) is 4.90 Å². The molecule has 5 heteroatoms. The summed E-state index contributed by atoms with van der Waals surface area (Å²) in [5.74, 6) is -0.731. The molecule has 2 unspecified atom stereocenters. The average molecular weight is 331 g/mol. The molecule has 2 atom stereocenters. The van der Waals surface area contributed by atoms with Gasteiger partial charge in [0.05, 0.1) is 5.56 Å². The van der Waals surface area contributed by atoms with Crippen molar-refractivity contribution in [1.82, 2.24) is 4.90 Å². The number of carbonyl (C=O) groups is 1. The SMILES string of the molecule is CN1CC(c2ccc(C(=O)O)cc2)c2ccc(Cl)cc2C1CN. The second-order valence-electron chi connectivity index (χ2n) is 5.94. The van der Waals surface area contributed by atoms with Crippen LogP contribution in [0.2, 0.25) is 5.02 Å². The highest BCUT2D eigenvalue weighted by Gasteiger charge is 2.31. The predicted octanol–water partition coefficient (Wildman–Crippen LogP) is 3.12. The van der Waals surface area contributed by atoms with E-state index in [2.05, 4.69) is 18.0 Å². The third-order valence-corrected chi connectivity index (χ3v) is 4.80. The number of benzene rings is 2. The van der Waals surface area contributed by atoms with Gasteiger partial charge in [0.2, 0.25) is 0 Å². The summed E-state index contributed by atoms with van der Waals surface area (Å²) < 4.78 is 0.